The number of carbonyl (C=O) groups excluding carboxylic acids is 1. The molecule has 0 aromatic heterocycles. The van der Waals surface area contributed by atoms with E-state index in [1.165, 1.54) is 39.5 Å². The summed E-state index contributed by atoms with van der Waals surface area (Å²) in [6.07, 6.45) is 5.54. The molecular weight excluding hydrogens is 286 g/mol. The van der Waals surface area contributed by atoms with Crippen molar-refractivity contribution >= 4 is 47.1 Å². The Kier molecular flexibility index (Phi) is 45.1. The average molecular weight is 310 g/mol. The lowest BCUT2D eigenvalue weighted by atomic mass is 10.2. The van der Waals surface area contributed by atoms with Gasteiger partial charge in [0.2, 0.25) is 0 Å². The molecular formula is C11H23Cl3O3. The van der Waals surface area contributed by atoms with E-state index in [0.29, 0.717) is 0 Å². The minimum atomic E-state index is -0.750. The molecule has 0 aliphatic rings. The number of rotatable bonds is 3. The van der Waals surface area contributed by atoms with Crippen LogP contribution in [0.1, 0.15) is 53.4 Å². The van der Waals surface area contributed by atoms with Crippen LogP contribution in [0, 0.1) is 0 Å². The molecule has 0 saturated heterocycles. The minimum Gasteiger partial charge on any atom is -0.483 e. The summed E-state index contributed by atoms with van der Waals surface area (Å²) in [7, 11) is 0. The Morgan fingerprint density at radius 3 is 1.29 bits per heavy atom. The first-order chi connectivity index (χ1) is 7.79. The summed E-state index contributed by atoms with van der Waals surface area (Å²) in [4.78, 5) is 17.8. The highest BCUT2D eigenvalue weighted by Crippen LogP contribution is 2.03. The highest BCUT2D eigenvalue weighted by atomic mass is 35.6. The van der Waals surface area contributed by atoms with Crippen LogP contribution < -0.4 is 0 Å². The number of carboxylic acid groups (broad SMARTS) is 1. The lowest BCUT2D eigenvalue weighted by molar-refractivity contribution is -0.123. The van der Waals surface area contributed by atoms with Crippen LogP contribution in [0.3, 0.4) is 0 Å². The van der Waals surface area contributed by atoms with Gasteiger partial charge in [0, 0.05) is 0 Å². The monoisotopic (exact) mass is 308 g/mol. The number of hydrogen-bond acceptors (Lipinski definition) is 2. The van der Waals surface area contributed by atoms with Crippen molar-refractivity contribution in [2.45, 2.75) is 57.7 Å². The average Bonchev–Trinajstić information content (AvgIpc) is 2.14. The molecule has 0 saturated carbocycles. The summed E-state index contributed by atoms with van der Waals surface area (Å²) in [5.74, 6) is 0.167. The number of alkyl halides is 3. The van der Waals surface area contributed by atoms with Crippen molar-refractivity contribution in [3.8, 4) is 0 Å². The SMILES string of the molecule is CC(C)=O.CCCCCC.ClC(Cl)Cl.O=CO. The molecule has 0 aromatic carbocycles. The Labute approximate surface area is 119 Å². The zero-order valence-electron chi connectivity index (χ0n) is 10.9. The van der Waals surface area contributed by atoms with Crippen molar-refractivity contribution in [2.75, 3.05) is 0 Å². The van der Waals surface area contributed by atoms with Gasteiger partial charge in [-0.25, -0.2) is 0 Å². The maximum atomic E-state index is 9.44. The molecule has 0 aromatic rings. The molecule has 0 unspecified atom stereocenters. The largest absolute Gasteiger partial charge is 0.483 e. The van der Waals surface area contributed by atoms with E-state index >= 15 is 0 Å². The molecule has 106 valence electrons. The van der Waals surface area contributed by atoms with Gasteiger partial charge in [0.25, 0.3) is 6.47 Å². The fraction of sp³-hybridized carbons (Fsp3) is 0.818. The van der Waals surface area contributed by atoms with Gasteiger partial charge in [0.1, 0.15) is 5.78 Å². The molecule has 6 heteroatoms. The van der Waals surface area contributed by atoms with Crippen molar-refractivity contribution in [1.82, 2.24) is 0 Å². The first-order valence-corrected chi connectivity index (χ1v) is 6.58. The van der Waals surface area contributed by atoms with Gasteiger partial charge < -0.3 is 9.90 Å². The predicted molar refractivity (Wildman–Crippen MR) is 76.2 cm³/mol. The molecule has 3 nitrogen and oxygen atoms in total. The highest BCUT2D eigenvalue weighted by Gasteiger charge is 1.79. The van der Waals surface area contributed by atoms with Crippen molar-refractivity contribution in [3.63, 3.8) is 0 Å². The molecule has 0 heterocycles. The third kappa shape index (κ3) is 347. The Balaban J connectivity index is -0.0000000688. The van der Waals surface area contributed by atoms with E-state index in [0.717, 1.165) is 0 Å². The van der Waals surface area contributed by atoms with E-state index in [2.05, 4.69) is 13.8 Å². The molecule has 0 aliphatic heterocycles. The van der Waals surface area contributed by atoms with Crippen molar-refractivity contribution in [3.05, 3.63) is 0 Å². The maximum Gasteiger partial charge on any atom is 0.290 e. The number of unbranched alkanes of at least 4 members (excludes halogenated alkanes) is 3. The number of ketones is 1. The molecule has 1 N–H and O–H groups in total. The van der Waals surface area contributed by atoms with Gasteiger partial charge in [0.05, 0.1) is 0 Å². The molecule has 0 rings (SSSR count). The van der Waals surface area contributed by atoms with Crippen LogP contribution in [0.5, 0.6) is 0 Å². The van der Waals surface area contributed by atoms with Gasteiger partial charge in [-0.15, -0.1) is 0 Å². The predicted octanol–water partition coefficient (Wildman–Crippen LogP) is 4.87. The maximum absolute atomic E-state index is 9.44. The zero-order valence-corrected chi connectivity index (χ0v) is 13.1. The van der Waals surface area contributed by atoms with Crippen molar-refractivity contribution in [2.24, 2.45) is 0 Å². The first kappa shape index (κ1) is 25.8. The van der Waals surface area contributed by atoms with Gasteiger partial charge in [-0.2, -0.15) is 0 Å². The molecule has 0 fully saturated rings. The molecule has 0 aliphatic carbocycles. The summed E-state index contributed by atoms with van der Waals surface area (Å²) >= 11 is 14.4. The van der Waals surface area contributed by atoms with Crippen LogP contribution in [0.4, 0.5) is 0 Å². The van der Waals surface area contributed by atoms with Gasteiger partial charge in [0.15, 0.2) is 4.30 Å². The smallest absolute Gasteiger partial charge is 0.290 e. The Bertz CT molecular complexity index is 131. The second-order valence-corrected chi connectivity index (χ2v) is 4.95. The quantitative estimate of drug-likeness (QED) is 0.460. The van der Waals surface area contributed by atoms with E-state index in [4.69, 9.17) is 44.7 Å². The second kappa shape index (κ2) is 29.8. The number of Topliss-reactive ketones (excluding diaryl/α,β-unsaturated/α-hetero) is 1. The molecule has 0 atom stereocenters. The Morgan fingerprint density at radius 1 is 1.12 bits per heavy atom. The van der Waals surface area contributed by atoms with Crippen LogP contribution in [-0.4, -0.2) is 21.7 Å². The summed E-state index contributed by atoms with van der Waals surface area (Å²) in [6, 6.07) is 0. The van der Waals surface area contributed by atoms with Crippen molar-refractivity contribution in [1.29, 1.82) is 0 Å². The van der Waals surface area contributed by atoms with Gasteiger partial charge in [-0.05, 0) is 13.8 Å². The van der Waals surface area contributed by atoms with Gasteiger partial charge in [-0.3, -0.25) is 4.79 Å². The van der Waals surface area contributed by atoms with Crippen LogP contribution in [0.15, 0.2) is 0 Å². The number of carbonyl (C=O) groups is 2. The third-order valence-electron chi connectivity index (χ3n) is 0.957. The number of halogens is 3. The van der Waals surface area contributed by atoms with Crippen LogP contribution in [0.25, 0.3) is 0 Å². The van der Waals surface area contributed by atoms with E-state index < -0.39 is 4.30 Å². The van der Waals surface area contributed by atoms with Crippen LogP contribution in [0.2, 0.25) is 0 Å². The van der Waals surface area contributed by atoms with E-state index in [9.17, 15) is 4.79 Å². The Morgan fingerprint density at radius 2 is 1.24 bits per heavy atom. The molecule has 0 radical (unpaired) electrons. The minimum absolute atomic E-state index is 0.167. The zero-order chi connectivity index (χ0) is 14.7. The molecule has 0 spiro atoms. The van der Waals surface area contributed by atoms with E-state index in [-0.39, 0.29) is 12.3 Å². The standard InChI is InChI=1S/C6H14.C3H6O.CHCl3.CH2O2/c1-3-5-6-4-2;1-3(2)4;2-1(3)4;2-1-3/h3-6H2,1-2H3;1-2H3;1H;1H,(H,2,3). The van der Waals surface area contributed by atoms with Crippen LogP contribution in [-0.2, 0) is 9.59 Å². The number of hydrogen-bond donors (Lipinski definition) is 1. The molecule has 0 amide bonds. The third-order valence-corrected chi connectivity index (χ3v) is 0.957. The highest BCUT2D eigenvalue weighted by molar-refractivity contribution is 6.63. The summed E-state index contributed by atoms with van der Waals surface area (Å²) in [6.45, 7) is 7.27. The second-order valence-electron chi connectivity index (χ2n) is 2.97. The van der Waals surface area contributed by atoms with E-state index in [1.54, 1.807) is 0 Å². The Hall–Kier alpha value is 0.01000. The normalized spacial score (nSPS) is 7.53. The van der Waals surface area contributed by atoms with Crippen LogP contribution >= 0.6 is 34.8 Å². The lowest BCUT2D eigenvalue weighted by Gasteiger charge is -1.86. The van der Waals surface area contributed by atoms with Gasteiger partial charge in [-0.1, -0.05) is 74.3 Å². The fourth-order valence-electron chi connectivity index (χ4n) is 0.500. The first-order valence-electron chi connectivity index (χ1n) is 5.27. The summed E-state index contributed by atoms with van der Waals surface area (Å²) < 4.78 is -0.750. The fourth-order valence-corrected chi connectivity index (χ4v) is 0.500. The topological polar surface area (TPSA) is 54.4 Å². The van der Waals surface area contributed by atoms with Crippen molar-refractivity contribution < 1.29 is 14.7 Å². The molecule has 17 heavy (non-hydrogen) atoms. The summed E-state index contributed by atoms with van der Waals surface area (Å²) in [5, 5.41) is 6.89. The molecule has 0 bridgehead atoms. The lowest BCUT2D eigenvalue weighted by Crippen LogP contribution is -1.69. The van der Waals surface area contributed by atoms with E-state index in [1.807, 2.05) is 0 Å². The van der Waals surface area contributed by atoms with Gasteiger partial charge >= 0.3 is 0 Å². The summed E-state index contributed by atoms with van der Waals surface area (Å²) in [5.41, 5.74) is 0.